The SMILES string of the molecule is [CH]1[CH][CH][CH][CH]1.[CH]1[CH][CH][CH][CH]1.[Se]c1ccccc1[Se].[Zr]. The number of benzene rings is 1. The van der Waals surface area contributed by atoms with Crippen LogP contribution in [0.15, 0.2) is 24.3 Å². The first-order valence-corrected chi connectivity index (χ1v) is 7.28. The Labute approximate surface area is 154 Å². The van der Waals surface area contributed by atoms with Crippen molar-refractivity contribution in [1.82, 2.24) is 0 Å². The Morgan fingerprint density at radius 2 is 0.684 bits per heavy atom. The van der Waals surface area contributed by atoms with Crippen molar-refractivity contribution in [3.63, 3.8) is 0 Å². The van der Waals surface area contributed by atoms with E-state index in [1.807, 2.05) is 88.5 Å². The van der Waals surface area contributed by atoms with Gasteiger partial charge in [0.15, 0.2) is 0 Å². The quantitative estimate of drug-likeness (QED) is 0.518. The molecule has 3 heteroatoms. The fraction of sp³-hybridized carbons (Fsp3) is 0. The van der Waals surface area contributed by atoms with Gasteiger partial charge in [-0.2, -0.15) is 0 Å². The predicted molar refractivity (Wildman–Crippen MR) is 80.2 cm³/mol. The van der Waals surface area contributed by atoms with Gasteiger partial charge in [0.2, 0.25) is 0 Å². The summed E-state index contributed by atoms with van der Waals surface area (Å²) in [6.07, 6.45) is 20.0. The van der Waals surface area contributed by atoms with E-state index >= 15 is 0 Å². The smallest absolute Gasteiger partial charge is 0 e. The average molecular weight is 455 g/mol. The molecule has 0 aromatic heterocycles. The van der Waals surface area contributed by atoms with Gasteiger partial charge < -0.3 is 0 Å². The van der Waals surface area contributed by atoms with Crippen LogP contribution in [0.1, 0.15) is 0 Å². The molecule has 94 valence electrons. The van der Waals surface area contributed by atoms with Crippen molar-refractivity contribution < 1.29 is 26.2 Å². The van der Waals surface area contributed by atoms with Gasteiger partial charge in [0.1, 0.15) is 0 Å². The van der Waals surface area contributed by atoms with Gasteiger partial charge in [0, 0.05) is 26.2 Å². The van der Waals surface area contributed by atoms with Crippen molar-refractivity contribution in [3.05, 3.63) is 88.5 Å². The van der Waals surface area contributed by atoms with E-state index in [0.29, 0.717) is 0 Å². The van der Waals surface area contributed by atoms with Gasteiger partial charge in [0.25, 0.3) is 0 Å². The zero-order valence-corrected chi connectivity index (χ0v) is 16.3. The second kappa shape index (κ2) is 14.1. The van der Waals surface area contributed by atoms with Gasteiger partial charge in [-0.05, 0) is 64.2 Å². The minimum Gasteiger partial charge on any atom is 0 e. The van der Waals surface area contributed by atoms with Crippen molar-refractivity contribution in [2.45, 2.75) is 0 Å². The zero-order valence-electron chi connectivity index (χ0n) is 10.4. The van der Waals surface area contributed by atoms with Crippen LogP contribution in [-0.4, -0.2) is 32.0 Å². The number of hydrogen-bond donors (Lipinski definition) is 0. The van der Waals surface area contributed by atoms with Crippen LogP contribution in [-0.2, 0) is 26.2 Å². The third-order valence-electron chi connectivity index (χ3n) is 1.96. The maximum Gasteiger partial charge on any atom is 0 e. The van der Waals surface area contributed by atoms with Crippen molar-refractivity contribution in [2.75, 3.05) is 0 Å². The van der Waals surface area contributed by atoms with Crippen LogP contribution in [0, 0.1) is 64.2 Å². The van der Waals surface area contributed by atoms with E-state index in [1.165, 1.54) is 8.92 Å². The third-order valence-corrected chi connectivity index (χ3v) is 4.11. The molecule has 0 nitrogen and oxygen atoms in total. The normalized spacial score (nSPS) is 16.4. The largest absolute Gasteiger partial charge is 0 e. The third kappa shape index (κ3) is 11.5. The van der Waals surface area contributed by atoms with E-state index in [2.05, 4.69) is 32.0 Å². The standard InChI is InChI=1S/C6H4Se2.2C5H5.Zr/c7-5-3-1-2-4-6(5)8;2*1-2-4-5-3-1;/h1-4H;2*1-5H;. The van der Waals surface area contributed by atoms with E-state index in [4.69, 9.17) is 0 Å². The molecule has 0 N–H and O–H groups in total. The van der Waals surface area contributed by atoms with E-state index in [0.717, 1.165) is 0 Å². The van der Waals surface area contributed by atoms with Crippen LogP contribution in [0.5, 0.6) is 0 Å². The number of rotatable bonds is 0. The molecule has 2 fully saturated rings. The first kappa shape index (κ1) is 20.1. The minimum absolute atomic E-state index is 0. The second-order valence-electron chi connectivity index (χ2n) is 3.37. The monoisotopic (exact) mass is 456 g/mol. The van der Waals surface area contributed by atoms with Crippen LogP contribution in [0.25, 0.3) is 0 Å². The maximum atomic E-state index is 2.94. The first-order chi connectivity index (χ1) is 8.80. The molecule has 0 heterocycles. The Balaban J connectivity index is 0.000000259. The predicted octanol–water partition coefficient (Wildman–Crippen LogP) is 1.31. The van der Waals surface area contributed by atoms with E-state index < -0.39 is 0 Å². The Hall–Kier alpha value is 1.14. The summed E-state index contributed by atoms with van der Waals surface area (Å²) in [4.78, 5) is 0. The molecule has 3 rings (SSSR count). The fourth-order valence-corrected chi connectivity index (χ4v) is 1.71. The van der Waals surface area contributed by atoms with Crippen molar-refractivity contribution >= 4 is 40.9 Å². The minimum atomic E-state index is 0. The Kier molecular flexibility index (Phi) is 14.9. The Morgan fingerprint density at radius 1 is 0.474 bits per heavy atom. The Bertz CT molecular complexity index is 261. The molecule has 12 radical (unpaired) electrons. The summed E-state index contributed by atoms with van der Waals surface area (Å²) in [6, 6.07) is 8.08. The summed E-state index contributed by atoms with van der Waals surface area (Å²) in [5.41, 5.74) is 0. The molecule has 19 heavy (non-hydrogen) atoms. The van der Waals surface area contributed by atoms with Gasteiger partial charge in [-0.25, -0.2) is 0 Å². The molecule has 0 atom stereocenters. The molecule has 2 saturated carbocycles. The average Bonchev–Trinajstić information content (AvgIpc) is 3.11. The summed E-state index contributed by atoms with van der Waals surface area (Å²) >= 11 is 5.88. The molecular weight excluding hydrogens is 441 g/mol. The zero-order chi connectivity index (χ0) is 13.1. The van der Waals surface area contributed by atoms with E-state index in [1.54, 1.807) is 0 Å². The summed E-state index contributed by atoms with van der Waals surface area (Å²) in [5.74, 6) is 0. The Morgan fingerprint density at radius 3 is 0.842 bits per heavy atom. The van der Waals surface area contributed by atoms with E-state index in [9.17, 15) is 0 Å². The summed E-state index contributed by atoms with van der Waals surface area (Å²) in [7, 11) is 0. The van der Waals surface area contributed by atoms with Crippen LogP contribution in [0.2, 0.25) is 0 Å². The summed E-state index contributed by atoms with van der Waals surface area (Å²) in [6.45, 7) is 0. The number of hydrogen-bond acceptors (Lipinski definition) is 0. The van der Waals surface area contributed by atoms with Gasteiger partial charge in [0.05, 0.1) is 0 Å². The van der Waals surface area contributed by atoms with Crippen LogP contribution in [0.3, 0.4) is 0 Å². The van der Waals surface area contributed by atoms with E-state index in [-0.39, 0.29) is 26.2 Å². The van der Waals surface area contributed by atoms with Gasteiger partial charge in [-0.3, -0.25) is 0 Å². The summed E-state index contributed by atoms with van der Waals surface area (Å²) < 4.78 is 2.38. The van der Waals surface area contributed by atoms with Crippen LogP contribution >= 0.6 is 0 Å². The molecule has 0 saturated heterocycles. The molecule has 0 amide bonds. The molecule has 2 aliphatic rings. The molecule has 1 aromatic carbocycles. The first-order valence-electron chi connectivity index (χ1n) is 5.57. The topological polar surface area (TPSA) is 0 Å². The fourth-order valence-electron chi connectivity index (χ4n) is 1.09. The van der Waals surface area contributed by atoms with Crippen molar-refractivity contribution in [1.29, 1.82) is 0 Å². The summed E-state index contributed by atoms with van der Waals surface area (Å²) in [5, 5.41) is 0. The molecule has 0 spiro atoms. The van der Waals surface area contributed by atoms with Crippen LogP contribution in [0.4, 0.5) is 0 Å². The van der Waals surface area contributed by atoms with Crippen molar-refractivity contribution in [2.24, 2.45) is 0 Å². The molecule has 0 unspecified atom stereocenters. The van der Waals surface area contributed by atoms with Gasteiger partial charge >= 0.3 is 65.2 Å². The molecule has 1 aromatic rings. The molecule has 0 aliphatic heterocycles. The van der Waals surface area contributed by atoms with Gasteiger partial charge in [-0.15, -0.1) is 0 Å². The molecule has 0 bridgehead atoms. The maximum absolute atomic E-state index is 2.94. The molecule has 2 aliphatic carbocycles. The van der Waals surface area contributed by atoms with Gasteiger partial charge in [-0.1, -0.05) is 0 Å². The second-order valence-corrected chi connectivity index (χ2v) is 5.22. The van der Waals surface area contributed by atoms with Crippen LogP contribution < -0.4 is 8.92 Å². The molecular formula is C16H14Se2Zr. The van der Waals surface area contributed by atoms with Crippen molar-refractivity contribution in [3.8, 4) is 0 Å².